The van der Waals surface area contributed by atoms with Crippen LogP contribution >= 0.6 is 0 Å². The van der Waals surface area contributed by atoms with E-state index < -0.39 is 15.1 Å². The lowest BCUT2D eigenvalue weighted by atomic mass is 9.65. The molecule has 1 amide bonds. The fourth-order valence-corrected chi connectivity index (χ4v) is 9.74. The van der Waals surface area contributed by atoms with E-state index in [1.54, 1.807) is 0 Å². The normalized spacial score (nSPS) is 30.3. The minimum Gasteiger partial charge on any atom is -0.462 e. The lowest BCUT2D eigenvalue weighted by molar-refractivity contribution is -0.162. The van der Waals surface area contributed by atoms with E-state index in [1.807, 2.05) is 6.92 Å². The number of nitrogens with zero attached hydrogens (tertiary/aromatic N) is 1. The second kappa shape index (κ2) is 15.2. The van der Waals surface area contributed by atoms with Crippen molar-refractivity contribution in [3.05, 3.63) is 23.8 Å². The Labute approximate surface area is 256 Å². The first kappa shape index (κ1) is 34.6. The molecular weight excluding hydrogens is 546 g/mol. The number of rotatable bonds is 12. The Kier molecular flexibility index (Phi) is 12.5. The van der Waals surface area contributed by atoms with Crippen LogP contribution in [0.15, 0.2) is 23.8 Å². The zero-order valence-electron chi connectivity index (χ0n) is 27.4. The summed E-state index contributed by atoms with van der Waals surface area (Å²) >= 11 is 0. The Morgan fingerprint density at radius 1 is 1.14 bits per heavy atom. The molecule has 0 bridgehead atoms. The predicted octanol–water partition coefficient (Wildman–Crippen LogP) is 6.35. The van der Waals surface area contributed by atoms with Gasteiger partial charge in [0.05, 0.1) is 18.4 Å². The van der Waals surface area contributed by atoms with Gasteiger partial charge in [0.1, 0.15) is 21.2 Å². The topological polar surface area (TPSA) is 93.1 Å². The van der Waals surface area contributed by atoms with Crippen molar-refractivity contribution < 1.29 is 29.0 Å². The maximum atomic E-state index is 13.3. The lowest BCUT2D eigenvalue weighted by Crippen LogP contribution is -2.51. The first-order valence-corrected chi connectivity index (χ1v) is 19.3. The largest absolute Gasteiger partial charge is 0.462 e. The van der Waals surface area contributed by atoms with Gasteiger partial charge in [0, 0.05) is 24.3 Å². The zero-order valence-corrected chi connectivity index (χ0v) is 28.6. The van der Waals surface area contributed by atoms with Crippen molar-refractivity contribution in [2.24, 2.45) is 29.6 Å². The van der Waals surface area contributed by atoms with E-state index in [-0.39, 0.29) is 59.8 Å². The van der Waals surface area contributed by atoms with Gasteiger partial charge in [-0.1, -0.05) is 64.9 Å². The number of hydrogen-bond donors (Lipinski definition) is 1. The molecule has 2 aliphatic carbocycles. The van der Waals surface area contributed by atoms with E-state index in [0.29, 0.717) is 31.1 Å². The molecule has 7 nitrogen and oxygen atoms in total. The van der Waals surface area contributed by atoms with Crippen LogP contribution in [0.5, 0.6) is 0 Å². The van der Waals surface area contributed by atoms with Gasteiger partial charge < -0.3 is 19.1 Å². The molecule has 8 atom stereocenters. The first-order valence-electron chi connectivity index (χ1n) is 16.5. The quantitative estimate of drug-likeness (QED) is 0.159. The molecule has 238 valence electrons. The third kappa shape index (κ3) is 9.53. The number of aliphatic hydroxyl groups excluding tert-OH is 1. The SMILES string of the molecule is C[C@@H]1C=C2C=C[C@@H](C)[C@@H](CCC3C[C@@H](O)CC(=O)O3)[C@@H]2[C@@H](OC(=O)[C@H](C)CCCCCC(=O)N([SiH](C)C)C(C)(C)C)C1. The van der Waals surface area contributed by atoms with Crippen molar-refractivity contribution in [1.82, 2.24) is 4.57 Å². The smallest absolute Gasteiger partial charge is 0.308 e. The fourth-order valence-electron chi connectivity index (χ4n) is 7.48. The number of fused-ring (bicyclic) bond motifs is 1. The number of carbonyl (C=O) groups excluding carboxylic acids is 3. The number of hydrogen-bond acceptors (Lipinski definition) is 6. The fraction of sp³-hybridized carbons (Fsp3) is 0.794. The van der Waals surface area contributed by atoms with Gasteiger partial charge in [-0.05, 0) is 76.2 Å². The van der Waals surface area contributed by atoms with Gasteiger partial charge in [0.15, 0.2) is 0 Å². The number of amides is 1. The second-order valence-electron chi connectivity index (χ2n) is 14.6. The number of aliphatic hydroxyl groups is 1. The van der Waals surface area contributed by atoms with Crippen LogP contribution in [0.4, 0.5) is 0 Å². The minimum atomic E-state index is -1.23. The first-order chi connectivity index (χ1) is 19.7. The van der Waals surface area contributed by atoms with E-state index in [1.165, 1.54) is 5.57 Å². The number of allylic oxidation sites excluding steroid dienone is 3. The molecule has 1 heterocycles. The third-order valence-electron chi connectivity index (χ3n) is 9.36. The lowest BCUT2D eigenvalue weighted by Gasteiger charge is -2.43. The van der Waals surface area contributed by atoms with Gasteiger partial charge in [0.2, 0.25) is 5.91 Å². The van der Waals surface area contributed by atoms with Gasteiger partial charge in [-0.25, -0.2) is 0 Å². The van der Waals surface area contributed by atoms with Crippen molar-refractivity contribution in [3.8, 4) is 0 Å². The monoisotopic (exact) mass is 603 g/mol. The highest BCUT2D eigenvalue weighted by molar-refractivity contribution is 6.55. The molecule has 1 aliphatic heterocycles. The summed E-state index contributed by atoms with van der Waals surface area (Å²) in [5.74, 6) is 0.683. The second-order valence-corrected chi connectivity index (χ2v) is 17.3. The average molecular weight is 604 g/mol. The highest BCUT2D eigenvalue weighted by atomic mass is 28.3. The highest BCUT2D eigenvalue weighted by Crippen LogP contribution is 2.45. The van der Waals surface area contributed by atoms with Crippen molar-refractivity contribution in [2.45, 2.75) is 143 Å². The molecule has 0 aromatic heterocycles. The van der Waals surface area contributed by atoms with E-state index in [4.69, 9.17) is 9.47 Å². The molecule has 0 radical (unpaired) electrons. The van der Waals surface area contributed by atoms with Crippen LogP contribution in [0.3, 0.4) is 0 Å². The van der Waals surface area contributed by atoms with Crippen LogP contribution < -0.4 is 0 Å². The molecule has 3 rings (SSSR count). The molecule has 1 unspecified atom stereocenters. The van der Waals surface area contributed by atoms with E-state index in [2.05, 4.69) is 70.5 Å². The summed E-state index contributed by atoms with van der Waals surface area (Å²) in [6, 6.07) is 0. The van der Waals surface area contributed by atoms with Crippen molar-refractivity contribution in [3.63, 3.8) is 0 Å². The number of esters is 2. The van der Waals surface area contributed by atoms with Gasteiger partial charge >= 0.3 is 11.9 Å². The van der Waals surface area contributed by atoms with Crippen LogP contribution in [-0.2, 0) is 23.9 Å². The van der Waals surface area contributed by atoms with Crippen molar-refractivity contribution in [1.29, 1.82) is 0 Å². The summed E-state index contributed by atoms with van der Waals surface area (Å²) in [6.07, 6.45) is 12.7. The Bertz CT molecular complexity index is 1000. The molecule has 42 heavy (non-hydrogen) atoms. The predicted molar refractivity (Wildman–Crippen MR) is 169 cm³/mol. The molecule has 0 aromatic carbocycles. The van der Waals surface area contributed by atoms with Gasteiger partial charge in [0.25, 0.3) is 0 Å². The number of carbonyl (C=O) groups is 3. The Morgan fingerprint density at radius 2 is 1.86 bits per heavy atom. The Morgan fingerprint density at radius 3 is 2.50 bits per heavy atom. The number of ether oxygens (including phenoxy) is 2. The third-order valence-corrected chi connectivity index (χ3v) is 11.5. The Hall–Kier alpha value is -1.93. The van der Waals surface area contributed by atoms with Crippen molar-refractivity contribution in [2.75, 3.05) is 0 Å². The molecule has 1 N–H and O–H groups in total. The molecule has 0 aromatic rings. The summed E-state index contributed by atoms with van der Waals surface area (Å²) in [7, 11) is -1.23. The van der Waals surface area contributed by atoms with Gasteiger partial charge in [-0.3, -0.25) is 14.4 Å². The van der Waals surface area contributed by atoms with Gasteiger partial charge in [-0.15, -0.1) is 0 Å². The molecule has 8 heteroatoms. The summed E-state index contributed by atoms with van der Waals surface area (Å²) < 4.78 is 13.9. The summed E-state index contributed by atoms with van der Waals surface area (Å²) in [5, 5.41) is 10.0. The maximum Gasteiger partial charge on any atom is 0.308 e. The maximum absolute atomic E-state index is 13.3. The minimum absolute atomic E-state index is 0.0795. The molecule has 1 fully saturated rings. The molecule has 0 saturated carbocycles. The zero-order chi connectivity index (χ0) is 31.2. The summed E-state index contributed by atoms with van der Waals surface area (Å²) in [6.45, 7) is 17.1. The molecule has 1 saturated heterocycles. The van der Waals surface area contributed by atoms with E-state index in [0.717, 1.165) is 38.5 Å². The number of unbranched alkanes of at least 4 members (excludes halogenated alkanes) is 2. The van der Waals surface area contributed by atoms with Crippen LogP contribution in [0.1, 0.15) is 106 Å². The molecule has 3 aliphatic rings. The average Bonchev–Trinajstić information content (AvgIpc) is 2.86. The van der Waals surface area contributed by atoms with Crippen LogP contribution in [0, 0.1) is 29.6 Å². The molecular formula is C34H57NO6Si. The standard InChI is InChI=1S/C34H57NO6Si/c1-22-18-25-15-14-23(2)28(17-16-27-20-26(36)21-31(38)40-27)32(25)29(19-22)41-33(39)24(3)12-10-9-11-13-30(37)35(42(7)8)34(4,5)6/h14-15,18,22-24,26-29,32,36,42H,9-13,16-17,19-21H2,1-8H3/t22-,23-,24-,26-,27?,28-,29+,32-/m1/s1. The summed E-state index contributed by atoms with van der Waals surface area (Å²) in [4.78, 5) is 38.0. The van der Waals surface area contributed by atoms with E-state index >= 15 is 0 Å². The van der Waals surface area contributed by atoms with Crippen LogP contribution in [-0.4, -0.2) is 60.3 Å². The van der Waals surface area contributed by atoms with Gasteiger partial charge in [-0.2, -0.15) is 0 Å². The highest BCUT2D eigenvalue weighted by Gasteiger charge is 2.42. The molecule has 0 spiro atoms. The van der Waals surface area contributed by atoms with E-state index in [9.17, 15) is 19.5 Å². The number of cyclic esters (lactones) is 1. The summed E-state index contributed by atoms with van der Waals surface area (Å²) in [5.41, 5.74) is 1.12. The van der Waals surface area contributed by atoms with Crippen molar-refractivity contribution >= 4 is 26.8 Å². The van der Waals surface area contributed by atoms with Crippen LogP contribution in [0.2, 0.25) is 13.1 Å². The van der Waals surface area contributed by atoms with Crippen LogP contribution in [0.25, 0.3) is 0 Å². The Balaban J connectivity index is 1.53.